The number of halogens is 1. The van der Waals surface area contributed by atoms with Gasteiger partial charge in [0.05, 0.1) is 6.54 Å². The third-order valence-electron chi connectivity index (χ3n) is 4.27. The van der Waals surface area contributed by atoms with Crippen molar-refractivity contribution in [3.8, 4) is 0 Å². The van der Waals surface area contributed by atoms with Gasteiger partial charge in [-0.3, -0.25) is 15.0 Å². The molecule has 2 aromatic carbocycles. The van der Waals surface area contributed by atoms with Crippen LogP contribution in [-0.2, 0) is 16.1 Å². The van der Waals surface area contributed by atoms with Crippen molar-refractivity contribution in [2.75, 3.05) is 26.0 Å². The van der Waals surface area contributed by atoms with E-state index in [4.69, 9.17) is 22.7 Å². The van der Waals surface area contributed by atoms with Crippen LogP contribution in [0.1, 0.15) is 22.8 Å². The van der Waals surface area contributed by atoms with Gasteiger partial charge in [-0.15, -0.1) is 0 Å². The molecular weight excluding hydrogens is 394 g/mol. The summed E-state index contributed by atoms with van der Waals surface area (Å²) < 4.78 is 0. The number of anilines is 1. The Morgan fingerprint density at radius 3 is 2.48 bits per heavy atom. The van der Waals surface area contributed by atoms with Crippen LogP contribution in [0.3, 0.4) is 0 Å². The lowest BCUT2D eigenvalue weighted by Gasteiger charge is -2.21. The number of likely N-dealkylation sites (N-methyl/N-ethyl adjacent to an activating group) is 1. The van der Waals surface area contributed by atoms with Crippen molar-refractivity contribution in [2.24, 2.45) is 5.73 Å². The molecule has 0 aliphatic rings. The van der Waals surface area contributed by atoms with Gasteiger partial charge in [0.2, 0.25) is 5.91 Å². The van der Waals surface area contributed by atoms with E-state index in [0.29, 0.717) is 21.8 Å². The number of amidine groups is 1. The molecule has 0 spiro atoms. The number of rotatable bonds is 8. The van der Waals surface area contributed by atoms with E-state index in [-0.39, 0.29) is 24.8 Å². The lowest BCUT2D eigenvalue weighted by atomic mass is 10.1. The number of carbonyl (C=O) groups is 2. The van der Waals surface area contributed by atoms with E-state index < -0.39 is 12.0 Å². The summed E-state index contributed by atoms with van der Waals surface area (Å²) in [4.78, 5) is 25.8. The average Bonchev–Trinajstić information content (AvgIpc) is 2.70. The molecule has 0 heterocycles. The molecule has 0 bridgehead atoms. The molecule has 154 valence electrons. The molecular formula is C20H24ClN5O3. The van der Waals surface area contributed by atoms with Gasteiger partial charge in [-0.25, -0.2) is 0 Å². The van der Waals surface area contributed by atoms with Crippen molar-refractivity contribution in [3.05, 3.63) is 64.2 Å². The van der Waals surface area contributed by atoms with E-state index in [1.807, 2.05) is 0 Å². The number of carbonyl (C=O) groups excluding carboxylic acids is 2. The number of amides is 2. The highest BCUT2D eigenvalue weighted by Gasteiger charge is 2.23. The van der Waals surface area contributed by atoms with Crippen LogP contribution in [-0.4, -0.2) is 48.3 Å². The molecule has 0 aliphatic carbocycles. The number of nitrogens with zero attached hydrogens (tertiary/aromatic N) is 1. The smallest absolute Gasteiger partial charge is 0.256 e. The highest BCUT2D eigenvalue weighted by atomic mass is 35.5. The number of nitrogens with one attached hydrogen (secondary N) is 3. The third kappa shape index (κ3) is 6.20. The Labute approximate surface area is 174 Å². The van der Waals surface area contributed by atoms with Crippen LogP contribution in [0.5, 0.6) is 0 Å². The summed E-state index contributed by atoms with van der Waals surface area (Å²) in [5.74, 6) is -1.01. The van der Waals surface area contributed by atoms with Crippen LogP contribution >= 0.6 is 11.6 Å². The van der Waals surface area contributed by atoms with Crippen molar-refractivity contribution in [3.63, 3.8) is 0 Å². The van der Waals surface area contributed by atoms with Crippen LogP contribution in [0.25, 0.3) is 0 Å². The molecule has 0 aliphatic heterocycles. The van der Waals surface area contributed by atoms with Crippen LogP contribution in [0.4, 0.5) is 5.69 Å². The molecule has 0 saturated carbocycles. The molecule has 0 radical (unpaired) electrons. The summed E-state index contributed by atoms with van der Waals surface area (Å²) in [7, 11) is 3.14. The zero-order valence-electron chi connectivity index (χ0n) is 16.2. The van der Waals surface area contributed by atoms with Crippen LogP contribution in [0.2, 0.25) is 5.02 Å². The molecule has 29 heavy (non-hydrogen) atoms. The minimum atomic E-state index is -1.43. The van der Waals surface area contributed by atoms with Crippen molar-refractivity contribution in [2.45, 2.75) is 12.6 Å². The molecule has 1 unspecified atom stereocenters. The van der Waals surface area contributed by atoms with E-state index in [1.165, 1.54) is 13.1 Å². The van der Waals surface area contributed by atoms with Gasteiger partial charge in [0.25, 0.3) is 5.91 Å². The van der Waals surface area contributed by atoms with Gasteiger partial charge in [-0.1, -0.05) is 35.9 Å². The fourth-order valence-corrected chi connectivity index (χ4v) is 2.86. The van der Waals surface area contributed by atoms with Gasteiger partial charge >= 0.3 is 0 Å². The molecule has 0 aromatic heterocycles. The Morgan fingerprint density at radius 1 is 1.24 bits per heavy atom. The van der Waals surface area contributed by atoms with Gasteiger partial charge in [-0.05, 0) is 29.3 Å². The molecule has 2 rings (SSSR count). The first-order valence-corrected chi connectivity index (χ1v) is 9.20. The molecule has 6 N–H and O–H groups in total. The van der Waals surface area contributed by atoms with E-state index in [1.54, 1.807) is 43.4 Å². The Morgan fingerprint density at radius 2 is 1.90 bits per heavy atom. The number of nitrogen functional groups attached to an aromatic ring is 1. The lowest BCUT2D eigenvalue weighted by molar-refractivity contribution is -0.142. The summed E-state index contributed by atoms with van der Waals surface area (Å²) in [5.41, 5.74) is 7.83. The normalized spacial score (nSPS) is 11.4. The third-order valence-corrected chi connectivity index (χ3v) is 4.49. The average molecular weight is 418 g/mol. The van der Waals surface area contributed by atoms with Crippen molar-refractivity contribution >= 4 is 34.9 Å². The van der Waals surface area contributed by atoms with E-state index >= 15 is 0 Å². The first kappa shape index (κ1) is 22.2. The van der Waals surface area contributed by atoms with Gasteiger partial charge < -0.3 is 26.4 Å². The number of benzene rings is 2. The zero-order valence-corrected chi connectivity index (χ0v) is 17.0. The fraction of sp³-hybridized carbons (Fsp3) is 0.250. The molecule has 9 heteroatoms. The van der Waals surface area contributed by atoms with Gasteiger partial charge in [0.1, 0.15) is 5.84 Å². The second-order valence-corrected chi connectivity index (χ2v) is 6.94. The molecule has 2 amide bonds. The second kappa shape index (κ2) is 9.90. The maximum Gasteiger partial charge on any atom is 0.256 e. The SMILES string of the molecule is CNc1cc(Cl)cc(C(O)C(=O)N(C)CC(=O)NCc2ccc(C(=N)N)cc2)c1. The Hall–Kier alpha value is -3.10. The largest absolute Gasteiger partial charge is 0.388 e. The summed E-state index contributed by atoms with van der Waals surface area (Å²) in [6, 6.07) is 11.7. The number of nitrogens with two attached hydrogens (primary N) is 1. The fourth-order valence-electron chi connectivity index (χ4n) is 2.62. The van der Waals surface area contributed by atoms with E-state index in [2.05, 4.69) is 10.6 Å². The standard InChI is InChI=1S/C20H24ClN5O3/c1-24-16-8-14(7-15(21)9-16)18(28)20(29)26(2)11-17(27)25-10-12-3-5-13(6-4-12)19(22)23/h3-9,18,24,28H,10-11H2,1-2H3,(H3,22,23)(H,25,27). The van der Waals surface area contributed by atoms with Crippen molar-refractivity contribution in [1.82, 2.24) is 10.2 Å². The number of aliphatic hydroxyl groups excluding tert-OH is 1. The van der Waals surface area contributed by atoms with Gasteiger partial charge in [0.15, 0.2) is 6.10 Å². The predicted octanol–water partition coefficient (Wildman–Crippen LogP) is 1.47. The maximum atomic E-state index is 12.5. The predicted molar refractivity (Wildman–Crippen MR) is 113 cm³/mol. The molecule has 8 nitrogen and oxygen atoms in total. The number of aliphatic hydroxyl groups is 1. The highest BCUT2D eigenvalue weighted by Crippen LogP contribution is 2.24. The van der Waals surface area contributed by atoms with E-state index in [9.17, 15) is 14.7 Å². The van der Waals surface area contributed by atoms with Crippen LogP contribution in [0.15, 0.2) is 42.5 Å². The first-order valence-electron chi connectivity index (χ1n) is 8.82. The number of hydrogen-bond donors (Lipinski definition) is 5. The maximum absolute atomic E-state index is 12.5. The zero-order chi connectivity index (χ0) is 21.6. The minimum absolute atomic E-state index is 0.0270. The quantitative estimate of drug-likeness (QED) is 0.328. The highest BCUT2D eigenvalue weighted by molar-refractivity contribution is 6.31. The topological polar surface area (TPSA) is 132 Å². The molecule has 2 aromatic rings. The summed E-state index contributed by atoms with van der Waals surface area (Å²) in [6.07, 6.45) is -1.43. The summed E-state index contributed by atoms with van der Waals surface area (Å²) in [6.45, 7) is 0.0578. The van der Waals surface area contributed by atoms with E-state index in [0.717, 1.165) is 10.5 Å². The van der Waals surface area contributed by atoms with Gasteiger partial charge in [-0.2, -0.15) is 0 Å². The molecule has 0 fully saturated rings. The summed E-state index contributed by atoms with van der Waals surface area (Å²) in [5, 5.41) is 23.7. The second-order valence-electron chi connectivity index (χ2n) is 6.51. The van der Waals surface area contributed by atoms with Crippen LogP contribution < -0.4 is 16.4 Å². The molecule has 1 atom stereocenters. The Bertz CT molecular complexity index is 901. The van der Waals surface area contributed by atoms with Crippen molar-refractivity contribution in [1.29, 1.82) is 5.41 Å². The summed E-state index contributed by atoms with van der Waals surface area (Å²) >= 11 is 6.01. The number of hydrogen-bond acceptors (Lipinski definition) is 5. The lowest BCUT2D eigenvalue weighted by Crippen LogP contribution is -2.40. The minimum Gasteiger partial charge on any atom is -0.388 e. The molecule has 0 saturated heterocycles. The van der Waals surface area contributed by atoms with Crippen molar-refractivity contribution < 1.29 is 14.7 Å². The van der Waals surface area contributed by atoms with Crippen LogP contribution in [0, 0.1) is 5.41 Å². The Balaban J connectivity index is 1.91. The van der Waals surface area contributed by atoms with Gasteiger partial charge in [0, 0.05) is 36.9 Å². The first-order chi connectivity index (χ1) is 13.7. The monoisotopic (exact) mass is 417 g/mol. The Kier molecular flexibility index (Phi) is 7.58.